The van der Waals surface area contributed by atoms with E-state index in [9.17, 15) is 5.11 Å². The molecule has 0 amide bonds. The Morgan fingerprint density at radius 2 is 1.47 bits per heavy atom. The maximum absolute atomic E-state index is 10.1. The Morgan fingerprint density at radius 1 is 0.867 bits per heavy atom. The van der Waals surface area contributed by atoms with Crippen molar-refractivity contribution in [3.05, 3.63) is 70.2 Å². The van der Waals surface area contributed by atoms with Gasteiger partial charge in [-0.2, -0.15) is 0 Å². The molecule has 76 valence electrons. The van der Waals surface area contributed by atoms with Gasteiger partial charge >= 0.3 is 0 Å². The first-order valence-corrected chi connectivity index (χ1v) is 5.56. The van der Waals surface area contributed by atoms with Crippen LogP contribution in [0.4, 0.5) is 0 Å². The summed E-state index contributed by atoms with van der Waals surface area (Å²) in [5, 5.41) is 10.1. The predicted octanol–water partition coefficient (Wildman–Crippen LogP) is 3.53. The van der Waals surface area contributed by atoms with Crippen molar-refractivity contribution in [1.82, 2.24) is 0 Å². The summed E-state index contributed by atoms with van der Waals surface area (Å²) < 4.78 is 0.932. The van der Waals surface area contributed by atoms with Crippen molar-refractivity contribution in [2.75, 3.05) is 0 Å². The molecular weight excluding hydrogens is 252 g/mol. The van der Waals surface area contributed by atoms with Crippen molar-refractivity contribution in [3.63, 3.8) is 0 Å². The summed E-state index contributed by atoms with van der Waals surface area (Å²) in [6, 6.07) is 17.3. The predicted molar refractivity (Wildman–Crippen MR) is 64.6 cm³/mol. The van der Waals surface area contributed by atoms with Gasteiger partial charge in [0, 0.05) is 4.47 Å². The number of rotatable bonds is 2. The Hall–Kier alpha value is -1.12. The molecular formula is C13H11BrO. The zero-order chi connectivity index (χ0) is 10.7. The van der Waals surface area contributed by atoms with E-state index in [1.54, 1.807) is 0 Å². The molecule has 0 radical (unpaired) electrons. The molecule has 0 fully saturated rings. The van der Waals surface area contributed by atoms with E-state index in [4.69, 9.17) is 0 Å². The zero-order valence-corrected chi connectivity index (χ0v) is 9.68. The van der Waals surface area contributed by atoms with Crippen molar-refractivity contribution in [3.8, 4) is 0 Å². The molecule has 0 bridgehead atoms. The molecule has 0 heterocycles. The Morgan fingerprint density at radius 3 is 2.13 bits per heavy atom. The van der Waals surface area contributed by atoms with Crippen LogP contribution in [-0.4, -0.2) is 5.11 Å². The van der Waals surface area contributed by atoms with Crippen LogP contribution >= 0.6 is 15.9 Å². The van der Waals surface area contributed by atoms with Gasteiger partial charge in [0.1, 0.15) is 6.10 Å². The molecule has 1 atom stereocenters. The van der Waals surface area contributed by atoms with E-state index in [-0.39, 0.29) is 0 Å². The number of aliphatic hydroxyl groups excluding tert-OH is 1. The lowest BCUT2D eigenvalue weighted by Gasteiger charge is -2.12. The van der Waals surface area contributed by atoms with Gasteiger partial charge in [0.15, 0.2) is 0 Å². The minimum atomic E-state index is -0.568. The fourth-order valence-corrected chi connectivity index (χ4v) is 2.01. The number of hydrogen-bond donors (Lipinski definition) is 1. The molecule has 2 aromatic carbocycles. The monoisotopic (exact) mass is 262 g/mol. The molecule has 15 heavy (non-hydrogen) atoms. The molecule has 0 aromatic heterocycles. The summed E-state index contributed by atoms with van der Waals surface area (Å²) in [7, 11) is 0. The average Bonchev–Trinajstić information content (AvgIpc) is 2.30. The third kappa shape index (κ3) is 2.28. The van der Waals surface area contributed by atoms with Gasteiger partial charge in [-0.15, -0.1) is 0 Å². The lowest BCUT2D eigenvalue weighted by Crippen LogP contribution is -1.99. The Labute approximate surface area is 97.5 Å². The van der Waals surface area contributed by atoms with Crippen LogP contribution in [0.25, 0.3) is 0 Å². The third-order valence-corrected chi connectivity index (χ3v) is 3.04. The van der Waals surface area contributed by atoms with Crippen molar-refractivity contribution >= 4 is 15.9 Å². The van der Waals surface area contributed by atoms with Crippen molar-refractivity contribution in [2.24, 2.45) is 0 Å². The van der Waals surface area contributed by atoms with Crippen molar-refractivity contribution in [1.29, 1.82) is 0 Å². The summed E-state index contributed by atoms with van der Waals surface area (Å²) in [6.07, 6.45) is -0.568. The van der Waals surface area contributed by atoms with E-state index in [2.05, 4.69) is 15.9 Å². The molecule has 0 saturated heterocycles. The fourth-order valence-electron chi connectivity index (χ4n) is 1.51. The fraction of sp³-hybridized carbons (Fsp3) is 0.0769. The van der Waals surface area contributed by atoms with Crippen LogP contribution in [0, 0.1) is 0 Å². The lowest BCUT2D eigenvalue weighted by atomic mass is 10.0. The quantitative estimate of drug-likeness (QED) is 0.878. The molecule has 0 aliphatic carbocycles. The molecule has 0 spiro atoms. The normalized spacial score (nSPS) is 12.4. The highest BCUT2D eigenvalue weighted by Gasteiger charge is 2.11. The molecule has 0 aliphatic heterocycles. The SMILES string of the molecule is O[C@@H](c1ccccc1)c1ccccc1Br. The molecule has 0 saturated carbocycles. The summed E-state index contributed by atoms with van der Waals surface area (Å²) >= 11 is 3.43. The largest absolute Gasteiger partial charge is 0.384 e. The first kappa shape index (κ1) is 10.4. The van der Waals surface area contributed by atoms with Gasteiger partial charge in [0.25, 0.3) is 0 Å². The van der Waals surface area contributed by atoms with Gasteiger partial charge in [-0.1, -0.05) is 64.5 Å². The third-order valence-electron chi connectivity index (χ3n) is 2.32. The highest BCUT2D eigenvalue weighted by molar-refractivity contribution is 9.10. The second-order valence-corrected chi connectivity index (χ2v) is 4.19. The van der Waals surface area contributed by atoms with Gasteiger partial charge in [0.05, 0.1) is 0 Å². The molecule has 1 N–H and O–H groups in total. The minimum Gasteiger partial charge on any atom is -0.384 e. The first-order valence-electron chi connectivity index (χ1n) is 4.76. The Bertz CT molecular complexity index is 439. The number of aliphatic hydroxyl groups is 1. The minimum absolute atomic E-state index is 0.568. The first-order chi connectivity index (χ1) is 7.29. The van der Waals surface area contributed by atoms with Crippen LogP contribution in [0.5, 0.6) is 0 Å². The lowest BCUT2D eigenvalue weighted by molar-refractivity contribution is 0.219. The van der Waals surface area contributed by atoms with Gasteiger partial charge in [-0.3, -0.25) is 0 Å². The van der Waals surface area contributed by atoms with Crippen LogP contribution in [-0.2, 0) is 0 Å². The van der Waals surface area contributed by atoms with Crippen LogP contribution in [0.1, 0.15) is 17.2 Å². The smallest absolute Gasteiger partial charge is 0.105 e. The Balaban J connectivity index is 2.37. The van der Waals surface area contributed by atoms with E-state index >= 15 is 0 Å². The van der Waals surface area contributed by atoms with E-state index in [1.807, 2.05) is 54.6 Å². The number of benzene rings is 2. The van der Waals surface area contributed by atoms with Crippen LogP contribution in [0.2, 0.25) is 0 Å². The van der Waals surface area contributed by atoms with Gasteiger partial charge in [-0.25, -0.2) is 0 Å². The van der Waals surface area contributed by atoms with E-state index in [1.165, 1.54) is 0 Å². The maximum atomic E-state index is 10.1. The van der Waals surface area contributed by atoms with E-state index < -0.39 is 6.10 Å². The van der Waals surface area contributed by atoms with Crippen molar-refractivity contribution < 1.29 is 5.11 Å². The molecule has 1 nitrogen and oxygen atoms in total. The van der Waals surface area contributed by atoms with Crippen LogP contribution < -0.4 is 0 Å². The molecule has 2 aromatic rings. The summed E-state index contributed by atoms with van der Waals surface area (Å²) in [6.45, 7) is 0. The molecule has 0 unspecified atom stereocenters. The summed E-state index contributed by atoms with van der Waals surface area (Å²) in [4.78, 5) is 0. The van der Waals surface area contributed by atoms with Crippen molar-refractivity contribution in [2.45, 2.75) is 6.10 Å². The maximum Gasteiger partial charge on any atom is 0.105 e. The molecule has 2 rings (SSSR count). The number of hydrogen-bond acceptors (Lipinski definition) is 1. The Kier molecular flexibility index (Phi) is 3.19. The topological polar surface area (TPSA) is 20.2 Å². The molecule has 0 aliphatic rings. The second kappa shape index (κ2) is 4.60. The second-order valence-electron chi connectivity index (χ2n) is 3.33. The van der Waals surface area contributed by atoms with E-state index in [0.717, 1.165) is 15.6 Å². The average molecular weight is 263 g/mol. The summed E-state index contributed by atoms with van der Waals surface area (Å²) in [5.74, 6) is 0. The van der Waals surface area contributed by atoms with Gasteiger partial charge in [0.2, 0.25) is 0 Å². The highest BCUT2D eigenvalue weighted by Crippen LogP contribution is 2.27. The molecule has 2 heteroatoms. The van der Waals surface area contributed by atoms with Crippen LogP contribution in [0.15, 0.2) is 59.1 Å². The zero-order valence-electron chi connectivity index (χ0n) is 8.10. The highest BCUT2D eigenvalue weighted by atomic mass is 79.9. The summed E-state index contributed by atoms with van der Waals surface area (Å²) in [5.41, 5.74) is 1.80. The van der Waals surface area contributed by atoms with Crippen LogP contribution in [0.3, 0.4) is 0 Å². The number of halogens is 1. The van der Waals surface area contributed by atoms with E-state index in [0.29, 0.717) is 0 Å². The standard InChI is InChI=1S/C13H11BrO/c14-12-9-5-4-8-11(12)13(15)10-6-2-1-3-7-10/h1-9,13,15H/t13-/m0/s1. The van der Waals surface area contributed by atoms with Gasteiger partial charge in [-0.05, 0) is 17.2 Å². The van der Waals surface area contributed by atoms with Gasteiger partial charge < -0.3 is 5.11 Å².